The van der Waals surface area contributed by atoms with Crippen LogP contribution < -0.4 is 0 Å². The monoisotopic (exact) mass is 388 g/mol. The van der Waals surface area contributed by atoms with E-state index >= 15 is 0 Å². The van der Waals surface area contributed by atoms with Gasteiger partial charge in [0.15, 0.2) is 0 Å². The van der Waals surface area contributed by atoms with Crippen LogP contribution in [-0.2, 0) is 9.53 Å². The van der Waals surface area contributed by atoms with Crippen molar-refractivity contribution in [2.24, 2.45) is 40.4 Å². The van der Waals surface area contributed by atoms with Crippen LogP contribution in [0.2, 0.25) is 0 Å². The molecule has 2 heteroatoms. The molecule has 3 saturated carbocycles. The van der Waals surface area contributed by atoms with Crippen molar-refractivity contribution in [1.29, 1.82) is 0 Å². The first-order chi connectivity index (χ1) is 13.4. The van der Waals surface area contributed by atoms with Gasteiger partial charge in [-0.25, -0.2) is 0 Å². The molecular weight excluding hydrogens is 344 g/mol. The van der Waals surface area contributed by atoms with Gasteiger partial charge in [-0.2, -0.15) is 0 Å². The first kappa shape index (κ1) is 21.9. The van der Waals surface area contributed by atoms with Gasteiger partial charge in [0.25, 0.3) is 0 Å². The Balaban J connectivity index is 1.75. The molecule has 5 unspecified atom stereocenters. The quantitative estimate of drug-likeness (QED) is 0.341. The van der Waals surface area contributed by atoms with Crippen molar-refractivity contribution in [1.82, 2.24) is 0 Å². The van der Waals surface area contributed by atoms with Crippen molar-refractivity contribution in [3.63, 3.8) is 0 Å². The molecule has 0 amide bonds. The summed E-state index contributed by atoms with van der Waals surface area (Å²) in [6.45, 7) is 11.4. The molecule has 0 aliphatic heterocycles. The Labute approximate surface area is 173 Å². The average molecular weight is 389 g/mol. The fourth-order valence-corrected chi connectivity index (χ4v) is 7.69. The van der Waals surface area contributed by atoms with E-state index in [1.807, 2.05) is 0 Å². The summed E-state index contributed by atoms with van der Waals surface area (Å²) < 4.78 is 5.19. The molecule has 0 saturated heterocycles. The summed E-state index contributed by atoms with van der Waals surface area (Å²) in [6.07, 6.45) is 17.8. The van der Waals surface area contributed by atoms with Crippen molar-refractivity contribution in [3.8, 4) is 0 Å². The molecule has 0 aromatic carbocycles. The minimum atomic E-state index is 0.0310. The van der Waals surface area contributed by atoms with Crippen LogP contribution in [0.5, 0.6) is 0 Å². The number of rotatable bonds is 7. The molecule has 2 nitrogen and oxygen atoms in total. The van der Waals surface area contributed by atoms with Crippen LogP contribution in [-0.4, -0.2) is 13.1 Å². The zero-order valence-electron chi connectivity index (χ0n) is 19.0. The van der Waals surface area contributed by atoms with E-state index < -0.39 is 0 Å². The lowest BCUT2D eigenvalue weighted by Gasteiger charge is -2.55. The molecule has 3 aliphatic carbocycles. The second kappa shape index (κ2) is 8.92. The Morgan fingerprint density at radius 2 is 1.79 bits per heavy atom. The fraction of sp³-hybridized carbons (Fsp3) is 0.885. The smallest absolute Gasteiger partial charge is 0.309 e. The van der Waals surface area contributed by atoms with Crippen molar-refractivity contribution in [2.75, 3.05) is 7.11 Å². The van der Waals surface area contributed by atoms with Gasteiger partial charge in [0.2, 0.25) is 0 Å². The highest BCUT2D eigenvalue weighted by Gasteiger charge is 2.58. The van der Waals surface area contributed by atoms with Crippen molar-refractivity contribution >= 4 is 5.97 Å². The summed E-state index contributed by atoms with van der Waals surface area (Å²) in [4.78, 5) is 12.5. The lowest BCUT2D eigenvalue weighted by molar-refractivity contribution is -0.152. The summed E-state index contributed by atoms with van der Waals surface area (Å²) >= 11 is 0. The standard InChI is InChI=1S/C26H44O2/c1-6-8-10-19-13-16-25(3,17-14-19)21-15-18-26(4)22(20(21)9-7-2)11-12-23(26)24(27)28-5/h7,19-23H,2,6,8-18H2,1,3-5H3. The van der Waals surface area contributed by atoms with Crippen LogP contribution in [0.4, 0.5) is 0 Å². The highest BCUT2D eigenvalue weighted by molar-refractivity contribution is 5.73. The lowest BCUT2D eigenvalue weighted by atomic mass is 9.50. The maximum Gasteiger partial charge on any atom is 0.309 e. The molecule has 0 spiro atoms. The molecule has 0 aromatic rings. The van der Waals surface area contributed by atoms with Gasteiger partial charge >= 0.3 is 5.97 Å². The van der Waals surface area contributed by atoms with Gasteiger partial charge in [-0.15, -0.1) is 6.58 Å². The summed E-state index contributed by atoms with van der Waals surface area (Å²) in [5.41, 5.74) is 0.618. The number of ether oxygens (including phenoxy) is 1. The van der Waals surface area contributed by atoms with Gasteiger partial charge in [0.1, 0.15) is 0 Å². The van der Waals surface area contributed by atoms with Gasteiger partial charge in [0, 0.05) is 0 Å². The third kappa shape index (κ3) is 3.94. The van der Waals surface area contributed by atoms with E-state index in [1.165, 1.54) is 64.2 Å². The van der Waals surface area contributed by atoms with Crippen molar-refractivity contribution < 1.29 is 9.53 Å². The topological polar surface area (TPSA) is 26.3 Å². The first-order valence-corrected chi connectivity index (χ1v) is 12.1. The Bertz CT molecular complexity index is 545. The molecule has 5 atom stereocenters. The van der Waals surface area contributed by atoms with E-state index in [0.717, 1.165) is 24.7 Å². The SMILES string of the molecule is C=CCC1C(C2(C)CCC(CCCC)CC2)CCC2(C)C(C(=O)OC)CCC12. The number of hydrogen-bond acceptors (Lipinski definition) is 2. The number of esters is 1. The predicted molar refractivity (Wildman–Crippen MR) is 117 cm³/mol. The minimum Gasteiger partial charge on any atom is -0.469 e. The Hall–Kier alpha value is -0.790. The number of unbranched alkanes of at least 4 members (excludes halogenated alkanes) is 1. The number of carbonyl (C=O) groups excluding carboxylic acids is 1. The molecule has 28 heavy (non-hydrogen) atoms. The van der Waals surface area contributed by atoms with E-state index in [2.05, 4.69) is 33.4 Å². The van der Waals surface area contributed by atoms with E-state index in [9.17, 15) is 4.79 Å². The molecule has 0 N–H and O–H groups in total. The maximum absolute atomic E-state index is 12.5. The molecule has 0 bridgehead atoms. The molecule has 160 valence electrons. The van der Waals surface area contributed by atoms with Gasteiger partial charge in [0.05, 0.1) is 13.0 Å². The number of methoxy groups -OCH3 is 1. The van der Waals surface area contributed by atoms with Crippen LogP contribution in [0.25, 0.3) is 0 Å². The number of allylic oxidation sites excluding steroid dienone is 1. The molecule has 3 aliphatic rings. The fourth-order valence-electron chi connectivity index (χ4n) is 7.69. The average Bonchev–Trinajstić information content (AvgIpc) is 3.05. The lowest BCUT2D eigenvalue weighted by Crippen LogP contribution is -2.48. The highest BCUT2D eigenvalue weighted by Crippen LogP contribution is 2.64. The molecule has 3 fully saturated rings. The Morgan fingerprint density at radius 1 is 1.07 bits per heavy atom. The van der Waals surface area contributed by atoms with Gasteiger partial charge in [-0.3, -0.25) is 4.79 Å². The van der Waals surface area contributed by atoms with Crippen LogP contribution >= 0.6 is 0 Å². The largest absolute Gasteiger partial charge is 0.469 e. The molecule has 0 radical (unpaired) electrons. The molecule has 0 heterocycles. The zero-order chi connectivity index (χ0) is 20.4. The Morgan fingerprint density at radius 3 is 2.39 bits per heavy atom. The van der Waals surface area contributed by atoms with Gasteiger partial charge in [-0.1, -0.05) is 46.1 Å². The van der Waals surface area contributed by atoms with E-state index in [4.69, 9.17) is 4.74 Å². The second-order valence-corrected chi connectivity index (χ2v) is 10.8. The predicted octanol–water partition coefficient (Wildman–Crippen LogP) is 7.18. The molecule has 0 aromatic heterocycles. The highest BCUT2D eigenvalue weighted by atomic mass is 16.5. The number of carbonyl (C=O) groups is 1. The summed E-state index contributed by atoms with van der Waals surface area (Å²) in [5.74, 6) is 3.25. The van der Waals surface area contributed by atoms with E-state index in [0.29, 0.717) is 17.3 Å². The van der Waals surface area contributed by atoms with Crippen LogP contribution in [0, 0.1) is 40.4 Å². The molecular formula is C26H44O2. The zero-order valence-corrected chi connectivity index (χ0v) is 19.0. The maximum atomic E-state index is 12.5. The summed E-state index contributed by atoms with van der Waals surface area (Å²) in [6, 6.07) is 0. The van der Waals surface area contributed by atoms with E-state index in [1.54, 1.807) is 7.11 Å². The number of hydrogen-bond donors (Lipinski definition) is 0. The van der Waals surface area contributed by atoms with Crippen LogP contribution in [0.15, 0.2) is 12.7 Å². The second-order valence-electron chi connectivity index (χ2n) is 10.8. The Kier molecular flexibility index (Phi) is 6.98. The third-order valence-corrected chi connectivity index (χ3v) is 9.47. The van der Waals surface area contributed by atoms with Crippen molar-refractivity contribution in [2.45, 2.75) is 97.8 Å². The molecule has 3 rings (SSSR count). The normalized spacial score (nSPS) is 43.4. The first-order valence-electron chi connectivity index (χ1n) is 12.1. The minimum absolute atomic E-state index is 0.0310. The van der Waals surface area contributed by atoms with Gasteiger partial charge in [-0.05, 0) is 92.3 Å². The van der Waals surface area contributed by atoms with Crippen LogP contribution in [0.3, 0.4) is 0 Å². The van der Waals surface area contributed by atoms with E-state index in [-0.39, 0.29) is 17.3 Å². The number of fused-ring (bicyclic) bond motifs is 1. The summed E-state index contributed by atoms with van der Waals surface area (Å²) in [5, 5.41) is 0. The summed E-state index contributed by atoms with van der Waals surface area (Å²) in [7, 11) is 1.56. The van der Waals surface area contributed by atoms with Crippen LogP contribution in [0.1, 0.15) is 97.8 Å². The van der Waals surface area contributed by atoms with Gasteiger partial charge < -0.3 is 4.74 Å². The third-order valence-electron chi connectivity index (χ3n) is 9.47. The van der Waals surface area contributed by atoms with Crippen molar-refractivity contribution in [3.05, 3.63) is 12.7 Å².